The molecule has 0 spiro atoms. The summed E-state index contributed by atoms with van der Waals surface area (Å²) in [5, 5.41) is 3.41. The summed E-state index contributed by atoms with van der Waals surface area (Å²) in [7, 11) is 0. The summed E-state index contributed by atoms with van der Waals surface area (Å²) in [6, 6.07) is 16.2. The van der Waals surface area contributed by atoms with Crippen LogP contribution >= 0.6 is 0 Å². The molecule has 0 aliphatic heterocycles. The zero-order chi connectivity index (χ0) is 14.2. The topological polar surface area (TPSA) is 38.7 Å². The lowest BCUT2D eigenvalue weighted by Gasteiger charge is -2.08. The van der Waals surface area contributed by atoms with Gasteiger partial charge >= 0.3 is 0 Å². The predicted molar refractivity (Wildman–Crippen MR) is 85.0 cm³/mol. The van der Waals surface area contributed by atoms with Gasteiger partial charge in [0.1, 0.15) is 0 Å². The quantitative estimate of drug-likeness (QED) is 0.488. The number of aryl methyl sites for hydroxylation is 1. The number of aromatic nitrogens is 3. The summed E-state index contributed by atoms with van der Waals surface area (Å²) < 4.78 is 0. The average Bonchev–Trinajstić information content (AvgIpc) is 2.54. The van der Waals surface area contributed by atoms with Crippen molar-refractivity contribution < 1.29 is 0 Å². The van der Waals surface area contributed by atoms with Crippen molar-refractivity contribution in [2.75, 3.05) is 0 Å². The molecule has 0 amide bonds. The molecule has 0 aliphatic carbocycles. The minimum atomic E-state index is 0.906. The molecule has 0 saturated carbocycles. The minimum absolute atomic E-state index is 0.906. The normalized spacial score (nSPS) is 11.1. The zero-order valence-electron chi connectivity index (χ0n) is 11.6. The number of pyridine rings is 3. The van der Waals surface area contributed by atoms with E-state index in [9.17, 15) is 0 Å². The van der Waals surface area contributed by atoms with Crippen molar-refractivity contribution >= 4 is 21.7 Å². The zero-order valence-corrected chi connectivity index (χ0v) is 11.6. The van der Waals surface area contributed by atoms with Crippen LogP contribution in [0.3, 0.4) is 0 Å². The Kier molecular flexibility index (Phi) is 2.64. The van der Waals surface area contributed by atoms with Crippen LogP contribution in [0.2, 0.25) is 0 Å². The van der Waals surface area contributed by atoms with Gasteiger partial charge in [-0.3, -0.25) is 15.0 Å². The minimum Gasteiger partial charge on any atom is -0.256 e. The molecule has 0 bridgehead atoms. The van der Waals surface area contributed by atoms with E-state index in [1.54, 1.807) is 0 Å². The molecule has 1 aromatic carbocycles. The average molecular weight is 271 g/mol. The Labute approximate surface area is 122 Å². The van der Waals surface area contributed by atoms with Crippen LogP contribution < -0.4 is 0 Å². The van der Waals surface area contributed by atoms with Crippen LogP contribution in [0.15, 0.2) is 60.9 Å². The van der Waals surface area contributed by atoms with Crippen molar-refractivity contribution in [3.05, 3.63) is 66.6 Å². The molecule has 0 unspecified atom stereocenters. The summed E-state index contributed by atoms with van der Waals surface area (Å²) in [4.78, 5) is 13.5. The maximum Gasteiger partial charge on any atom is 0.0964 e. The fraction of sp³-hybridized carbons (Fsp3) is 0.0556. The van der Waals surface area contributed by atoms with E-state index in [2.05, 4.69) is 27.1 Å². The van der Waals surface area contributed by atoms with E-state index < -0.39 is 0 Å². The maximum absolute atomic E-state index is 4.60. The number of hydrogen-bond donors (Lipinski definition) is 0. The summed E-state index contributed by atoms with van der Waals surface area (Å²) in [6.07, 6.45) is 3.66. The highest BCUT2D eigenvalue weighted by Crippen LogP contribution is 2.29. The van der Waals surface area contributed by atoms with Crippen molar-refractivity contribution in [2.24, 2.45) is 0 Å². The largest absolute Gasteiger partial charge is 0.256 e. The molecule has 4 aromatic rings. The first-order chi connectivity index (χ1) is 10.3. The molecule has 0 N–H and O–H groups in total. The molecular weight excluding hydrogens is 258 g/mol. The fourth-order valence-electron chi connectivity index (χ4n) is 2.70. The van der Waals surface area contributed by atoms with Crippen molar-refractivity contribution in [1.29, 1.82) is 0 Å². The van der Waals surface area contributed by atoms with Gasteiger partial charge in [-0.25, -0.2) is 0 Å². The van der Waals surface area contributed by atoms with Crippen LogP contribution in [-0.2, 0) is 0 Å². The van der Waals surface area contributed by atoms with Crippen LogP contribution in [0.4, 0.5) is 0 Å². The molecule has 0 fully saturated rings. The van der Waals surface area contributed by atoms with E-state index in [4.69, 9.17) is 0 Å². The smallest absolute Gasteiger partial charge is 0.0964 e. The highest BCUT2D eigenvalue weighted by atomic mass is 14.8. The summed E-state index contributed by atoms with van der Waals surface area (Å²) in [6.45, 7) is 1.99. The molecule has 3 heterocycles. The Hall–Kier alpha value is -2.81. The molecule has 21 heavy (non-hydrogen) atoms. The number of hydrogen-bond acceptors (Lipinski definition) is 3. The molecule has 0 saturated heterocycles. The van der Waals surface area contributed by atoms with Crippen LogP contribution in [0.25, 0.3) is 33.1 Å². The highest BCUT2D eigenvalue weighted by Gasteiger charge is 2.09. The van der Waals surface area contributed by atoms with Gasteiger partial charge in [0.25, 0.3) is 0 Å². The second-order valence-electron chi connectivity index (χ2n) is 5.05. The van der Waals surface area contributed by atoms with Crippen LogP contribution in [-0.4, -0.2) is 15.0 Å². The Morgan fingerprint density at radius 2 is 1.67 bits per heavy atom. The first-order valence-corrected chi connectivity index (χ1v) is 6.89. The SMILES string of the molecule is Cc1cccc(-c2nccc3c2ccc2ncccc23)n1. The second kappa shape index (κ2) is 4.63. The van der Waals surface area contributed by atoms with Gasteiger partial charge in [-0.05, 0) is 48.7 Å². The van der Waals surface area contributed by atoms with Crippen LogP contribution in [0.1, 0.15) is 5.69 Å². The third kappa shape index (κ3) is 1.94. The van der Waals surface area contributed by atoms with Gasteiger partial charge in [0.15, 0.2) is 0 Å². The van der Waals surface area contributed by atoms with E-state index in [-0.39, 0.29) is 0 Å². The lowest BCUT2D eigenvalue weighted by molar-refractivity contribution is 1.18. The molecule has 3 aromatic heterocycles. The molecule has 0 atom stereocenters. The molecule has 0 radical (unpaired) electrons. The number of rotatable bonds is 1. The third-order valence-corrected chi connectivity index (χ3v) is 3.66. The van der Waals surface area contributed by atoms with Gasteiger partial charge in [-0.15, -0.1) is 0 Å². The van der Waals surface area contributed by atoms with E-state index in [0.29, 0.717) is 0 Å². The van der Waals surface area contributed by atoms with Crippen molar-refractivity contribution in [3.8, 4) is 11.4 Å². The lowest BCUT2D eigenvalue weighted by atomic mass is 10.0. The molecule has 3 heteroatoms. The summed E-state index contributed by atoms with van der Waals surface area (Å²) in [5.41, 5.74) is 3.82. The summed E-state index contributed by atoms with van der Waals surface area (Å²) >= 11 is 0. The second-order valence-corrected chi connectivity index (χ2v) is 5.05. The molecule has 100 valence electrons. The first kappa shape index (κ1) is 12.0. The Bertz CT molecular complexity index is 961. The van der Waals surface area contributed by atoms with E-state index in [1.807, 2.05) is 55.7 Å². The Balaban J connectivity index is 2.09. The number of benzene rings is 1. The predicted octanol–water partition coefficient (Wildman–Crippen LogP) is 4.15. The van der Waals surface area contributed by atoms with Gasteiger partial charge in [0, 0.05) is 28.9 Å². The lowest BCUT2D eigenvalue weighted by Crippen LogP contribution is -1.91. The molecule has 4 rings (SSSR count). The van der Waals surface area contributed by atoms with Gasteiger partial charge in [0.2, 0.25) is 0 Å². The molecule has 3 nitrogen and oxygen atoms in total. The third-order valence-electron chi connectivity index (χ3n) is 3.66. The van der Waals surface area contributed by atoms with Crippen molar-refractivity contribution in [2.45, 2.75) is 6.92 Å². The van der Waals surface area contributed by atoms with Crippen LogP contribution in [0, 0.1) is 6.92 Å². The Morgan fingerprint density at radius 1 is 0.714 bits per heavy atom. The first-order valence-electron chi connectivity index (χ1n) is 6.89. The van der Waals surface area contributed by atoms with Crippen molar-refractivity contribution in [3.63, 3.8) is 0 Å². The standard InChI is InChI=1S/C18H13N3/c1-12-4-2-6-17(21-12)18-15-7-8-16-14(5-3-10-19-16)13(15)9-11-20-18/h2-11H,1H3. The van der Waals surface area contributed by atoms with Gasteiger partial charge in [0.05, 0.1) is 16.9 Å². The van der Waals surface area contributed by atoms with E-state index in [1.165, 1.54) is 0 Å². The van der Waals surface area contributed by atoms with E-state index in [0.717, 1.165) is 38.8 Å². The van der Waals surface area contributed by atoms with E-state index >= 15 is 0 Å². The number of fused-ring (bicyclic) bond motifs is 3. The van der Waals surface area contributed by atoms with Crippen molar-refractivity contribution in [1.82, 2.24) is 15.0 Å². The monoisotopic (exact) mass is 271 g/mol. The van der Waals surface area contributed by atoms with Crippen LogP contribution in [0.5, 0.6) is 0 Å². The fourth-order valence-corrected chi connectivity index (χ4v) is 2.70. The summed E-state index contributed by atoms with van der Waals surface area (Å²) in [5.74, 6) is 0. The molecule has 0 aliphatic rings. The van der Waals surface area contributed by atoms with Gasteiger partial charge in [-0.2, -0.15) is 0 Å². The highest BCUT2D eigenvalue weighted by molar-refractivity contribution is 6.09. The molecular formula is C18H13N3. The maximum atomic E-state index is 4.60. The number of nitrogens with zero attached hydrogens (tertiary/aromatic N) is 3. The Morgan fingerprint density at radius 3 is 2.57 bits per heavy atom. The van der Waals surface area contributed by atoms with Gasteiger partial charge < -0.3 is 0 Å². The van der Waals surface area contributed by atoms with Gasteiger partial charge in [-0.1, -0.05) is 12.1 Å².